The Labute approximate surface area is 281 Å². The predicted octanol–water partition coefficient (Wildman–Crippen LogP) is 11.0. The van der Waals surface area contributed by atoms with Gasteiger partial charge in [0, 0.05) is 0 Å². The summed E-state index contributed by atoms with van der Waals surface area (Å²) in [5, 5.41) is 0. The fourth-order valence-corrected chi connectivity index (χ4v) is 7.01. The van der Waals surface area contributed by atoms with Gasteiger partial charge in [-0.25, -0.2) is 9.69 Å². The van der Waals surface area contributed by atoms with Crippen molar-refractivity contribution in [2.45, 2.75) is 200 Å². The number of urea groups is 1. The molecule has 0 saturated carbocycles. The summed E-state index contributed by atoms with van der Waals surface area (Å²) in [7, 11) is 4.21. The molecule has 0 atom stereocenters. The van der Waals surface area contributed by atoms with Crippen LogP contribution in [0.3, 0.4) is 0 Å². The normalized spacial score (nSPS) is 15.0. The monoisotopic (exact) mass is 635 g/mol. The Balaban J connectivity index is 2.63. The van der Waals surface area contributed by atoms with Crippen LogP contribution < -0.4 is 0 Å². The van der Waals surface area contributed by atoms with Gasteiger partial charge in [0.1, 0.15) is 5.54 Å². The molecular formula is C39H78N4O2. The summed E-state index contributed by atoms with van der Waals surface area (Å²) >= 11 is 0. The highest BCUT2D eigenvalue weighted by molar-refractivity contribution is 6.07. The van der Waals surface area contributed by atoms with Gasteiger partial charge in [-0.15, -0.1) is 0 Å². The molecule has 0 aromatic heterocycles. The zero-order valence-electron chi connectivity index (χ0n) is 31.3. The second-order valence-electron chi connectivity index (χ2n) is 14.5. The molecule has 0 aromatic carbocycles. The van der Waals surface area contributed by atoms with E-state index in [1.165, 1.54) is 116 Å². The van der Waals surface area contributed by atoms with Gasteiger partial charge in [0.05, 0.1) is 13.3 Å². The number of carbonyl (C=O) groups is 2. The average molecular weight is 635 g/mol. The highest BCUT2D eigenvalue weighted by Crippen LogP contribution is 2.37. The van der Waals surface area contributed by atoms with Crippen molar-refractivity contribution in [3.8, 4) is 0 Å². The van der Waals surface area contributed by atoms with Gasteiger partial charge in [0.25, 0.3) is 5.91 Å². The SMILES string of the molecule is CCCCCCCCCCCCN(C)CN1C(=O)N(CN(C)CCCCCCCCCCCC)C(CCCC)(CCCC)C1=O. The van der Waals surface area contributed by atoms with Crippen molar-refractivity contribution in [3.05, 3.63) is 0 Å². The highest BCUT2D eigenvalue weighted by Gasteiger charge is 2.56. The van der Waals surface area contributed by atoms with Crippen LogP contribution in [0.25, 0.3) is 0 Å². The number of unbranched alkanes of at least 4 members (excludes halogenated alkanes) is 20. The fraction of sp³-hybridized carbons (Fsp3) is 0.949. The van der Waals surface area contributed by atoms with E-state index in [0.717, 1.165) is 64.5 Å². The molecule has 1 rings (SSSR count). The van der Waals surface area contributed by atoms with E-state index in [1.807, 2.05) is 4.90 Å². The molecule has 0 unspecified atom stereocenters. The standard InChI is InChI=1S/C39H78N4O2/c1-7-11-15-17-19-21-23-25-27-29-33-40(5)35-42-37(44)39(31-13-9-3,32-14-10-4)43(38(42)45)36-41(6)34-30-28-26-24-22-20-18-16-12-8-2/h7-36H2,1-6H3. The largest absolute Gasteiger partial charge is 0.329 e. The van der Waals surface area contributed by atoms with Crippen LogP contribution in [-0.4, -0.2) is 77.6 Å². The molecule has 3 amide bonds. The summed E-state index contributed by atoms with van der Waals surface area (Å²) in [4.78, 5) is 36.2. The summed E-state index contributed by atoms with van der Waals surface area (Å²) in [5.74, 6) is 0.0525. The van der Waals surface area contributed by atoms with Crippen LogP contribution in [0.15, 0.2) is 0 Å². The summed E-state index contributed by atoms with van der Waals surface area (Å²) in [6.45, 7) is 11.8. The van der Waals surface area contributed by atoms with E-state index in [2.05, 4.69) is 51.6 Å². The molecular weight excluding hydrogens is 556 g/mol. The van der Waals surface area contributed by atoms with E-state index in [-0.39, 0.29) is 11.9 Å². The fourth-order valence-electron chi connectivity index (χ4n) is 7.01. The van der Waals surface area contributed by atoms with Crippen LogP contribution in [0.1, 0.15) is 195 Å². The van der Waals surface area contributed by atoms with Crippen LogP contribution in [-0.2, 0) is 4.79 Å². The first-order valence-corrected chi connectivity index (χ1v) is 19.9. The summed E-state index contributed by atoms with van der Waals surface area (Å²) < 4.78 is 0. The Morgan fingerprint density at radius 2 is 0.800 bits per heavy atom. The van der Waals surface area contributed by atoms with Crippen molar-refractivity contribution in [3.63, 3.8) is 0 Å². The van der Waals surface area contributed by atoms with Gasteiger partial charge in [0.15, 0.2) is 0 Å². The molecule has 0 N–H and O–H groups in total. The van der Waals surface area contributed by atoms with Crippen LogP contribution >= 0.6 is 0 Å². The minimum atomic E-state index is -0.687. The molecule has 0 spiro atoms. The summed E-state index contributed by atoms with van der Waals surface area (Å²) in [5.41, 5.74) is -0.687. The number of rotatable bonds is 32. The molecule has 266 valence electrons. The third-order valence-corrected chi connectivity index (χ3v) is 10.1. The predicted molar refractivity (Wildman–Crippen MR) is 195 cm³/mol. The first-order valence-electron chi connectivity index (χ1n) is 19.9. The van der Waals surface area contributed by atoms with E-state index < -0.39 is 5.54 Å². The number of hydrogen-bond acceptors (Lipinski definition) is 4. The first kappa shape index (κ1) is 41.9. The lowest BCUT2D eigenvalue weighted by molar-refractivity contribution is -0.136. The maximum Gasteiger partial charge on any atom is 0.329 e. The lowest BCUT2D eigenvalue weighted by Gasteiger charge is -2.37. The second-order valence-corrected chi connectivity index (χ2v) is 14.5. The second kappa shape index (κ2) is 26.9. The van der Waals surface area contributed by atoms with Gasteiger partial charge in [0.2, 0.25) is 0 Å². The summed E-state index contributed by atoms with van der Waals surface area (Å²) in [6.07, 6.45) is 32.0. The van der Waals surface area contributed by atoms with Gasteiger partial charge in [-0.1, -0.05) is 169 Å². The molecule has 1 saturated heterocycles. The Hall–Kier alpha value is -1.14. The van der Waals surface area contributed by atoms with E-state index in [1.54, 1.807) is 4.90 Å². The third-order valence-electron chi connectivity index (χ3n) is 10.1. The molecule has 6 heteroatoms. The highest BCUT2D eigenvalue weighted by atomic mass is 16.2. The molecule has 1 heterocycles. The topological polar surface area (TPSA) is 47.1 Å². The first-order chi connectivity index (χ1) is 21.9. The zero-order valence-corrected chi connectivity index (χ0v) is 31.3. The van der Waals surface area contributed by atoms with Crippen LogP contribution in [0.4, 0.5) is 4.79 Å². The minimum Gasteiger partial charge on any atom is -0.297 e. The van der Waals surface area contributed by atoms with E-state index in [4.69, 9.17) is 0 Å². The summed E-state index contributed by atoms with van der Waals surface area (Å²) in [6, 6.07) is -0.0722. The van der Waals surface area contributed by atoms with Gasteiger partial charge >= 0.3 is 6.03 Å². The number of imide groups is 1. The van der Waals surface area contributed by atoms with E-state index >= 15 is 0 Å². The maximum absolute atomic E-state index is 14.2. The molecule has 1 aliphatic heterocycles. The van der Waals surface area contributed by atoms with Crippen molar-refractivity contribution in [2.75, 3.05) is 40.5 Å². The van der Waals surface area contributed by atoms with Gasteiger partial charge in [-0.05, 0) is 52.9 Å². The quantitative estimate of drug-likeness (QED) is 0.0545. The van der Waals surface area contributed by atoms with Crippen LogP contribution in [0.5, 0.6) is 0 Å². The van der Waals surface area contributed by atoms with E-state index in [9.17, 15) is 9.59 Å². The number of amides is 3. The zero-order chi connectivity index (χ0) is 33.2. The van der Waals surface area contributed by atoms with Crippen LogP contribution in [0.2, 0.25) is 0 Å². The van der Waals surface area contributed by atoms with Gasteiger partial charge in [-0.3, -0.25) is 19.5 Å². The van der Waals surface area contributed by atoms with Crippen LogP contribution in [0, 0.1) is 0 Å². The Morgan fingerprint density at radius 3 is 1.18 bits per heavy atom. The molecule has 0 aliphatic carbocycles. The Bertz CT molecular complexity index is 722. The molecule has 0 aromatic rings. The average Bonchev–Trinajstić information content (AvgIpc) is 3.21. The van der Waals surface area contributed by atoms with Crippen molar-refractivity contribution >= 4 is 11.9 Å². The Morgan fingerprint density at radius 1 is 0.467 bits per heavy atom. The maximum atomic E-state index is 14.2. The smallest absolute Gasteiger partial charge is 0.297 e. The van der Waals surface area contributed by atoms with Gasteiger partial charge in [-0.2, -0.15) is 0 Å². The molecule has 6 nitrogen and oxygen atoms in total. The molecule has 1 fully saturated rings. The Kier molecular flexibility index (Phi) is 25.0. The third kappa shape index (κ3) is 17.0. The minimum absolute atomic E-state index is 0.0525. The molecule has 45 heavy (non-hydrogen) atoms. The van der Waals surface area contributed by atoms with Crippen molar-refractivity contribution in [2.24, 2.45) is 0 Å². The lowest BCUT2D eigenvalue weighted by atomic mass is 9.85. The van der Waals surface area contributed by atoms with Gasteiger partial charge < -0.3 is 0 Å². The molecule has 0 radical (unpaired) electrons. The number of carbonyl (C=O) groups excluding carboxylic acids is 2. The van der Waals surface area contributed by atoms with Crippen molar-refractivity contribution < 1.29 is 9.59 Å². The number of hydrogen-bond donors (Lipinski definition) is 0. The van der Waals surface area contributed by atoms with E-state index in [0.29, 0.717) is 13.3 Å². The van der Waals surface area contributed by atoms with Crippen molar-refractivity contribution in [1.29, 1.82) is 0 Å². The molecule has 0 bridgehead atoms. The number of nitrogens with zero attached hydrogens (tertiary/aromatic N) is 4. The lowest BCUT2D eigenvalue weighted by Crippen LogP contribution is -2.53. The van der Waals surface area contributed by atoms with Crippen molar-refractivity contribution in [1.82, 2.24) is 19.6 Å². The molecule has 1 aliphatic rings.